The minimum Gasteiger partial charge on any atom is -0.339 e. The van der Waals surface area contributed by atoms with Gasteiger partial charge >= 0.3 is 0 Å². The van der Waals surface area contributed by atoms with Crippen molar-refractivity contribution in [2.24, 2.45) is 0 Å². The normalized spacial score (nSPS) is 14.5. The summed E-state index contributed by atoms with van der Waals surface area (Å²) >= 11 is 1.15. The number of amides is 1. The SMILES string of the molecule is CC(=O)c1ccc(SCC(=O)N2CCN(Cc3nc(-c4ccccc4C)no3)CC2)c(F)c1. The van der Waals surface area contributed by atoms with E-state index >= 15 is 0 Å². The van der Waals surface area contributed by atoms with E-state index in [-0.39, 0.29) is 17.4 Å². The summed E-state index contributed by atoms with van der Waals surface area (Å²) in [6, 6.07) is 12.3. The molecule has 1 aliphatic rings. The summed E-state index contributed by atoms with van der Waals surface area (Å²) in [5, 5.41) is 4.10. The molecule has 1 fully saturated rings. The lowest BCUT2D eigenvalue weighted by atomic mass is 10.1. The summed E-state index contributed by atoms with van der Waals surface area (Å²) in [5.74, 6) is 0.584. The number of aromatic nitrogens is 2. The van der Waals surface area contributed by atoms with E-state index in [9.17, 15) is 14.0 Å². The third kappa shape index (κ3) is 5.66. The van der Waals surface area contributed by atoms with E-state index in [1.165, 1.54) is 13.0 Å². The number of benzene rings is 2. The van der Waals surface area contributed by atoms with Gasteiger partial charge in [0.1, 0.15) is 5.82 Å². The summed E-state index contributed by atoms with van der Waals surface area (Å²) in [5.41, 5.74) is 2.36. The monoisotopic (exact) mass is 468 g/mol. The number of hydrogen-bond donors (Lipinski definition) is 0. The van der Waals surface area contributed by atoms with Crippen LogP contribution >= 0.6 is 11.8 Å². The van der Waals surface area contributed by atoms with Crippen LogP contribution in [0.4, 0.5) is 4.39 Å². The van der Waals surface area contributed by atoms with Crippen molar-refractivity contribution in [1.82, 2.24) is 19.9 Å². The Morgan fingerprint density at radius 1 is 1.12 bits per heavy atom. The van der Waals surface area contributed by atoms with Crippen LogP contribution < -0.4 is 0 Å². The zero-order valence-corrected chi connectivity index (χ0v) is 19.4. The molecule has 1 saturated heterocycles. The number of Topliss-reactive ketones (excluding diaryl/α,β-unsaturated/α-hetero) is 1. The molecular weight excluding hydrogens is 443 g/mol. The largest absolute Gasteiger partial charge is 0.339 e. The highest BCUT2D eigenvalue weighted by molar-refractivity contribution is 8.00. The topological polar surface area (TPSA) is 79.5 Å². The van der Waals surface area contributed by atoms with Gasteiger partial charge in [-0.1, -0.05) is 35.5 Å². The Labute approximate surface area is 196 Å². The maximum atomic E-state index is 14.2. The Kier molecular flexibility index (Phi) is 7.20. The van der Waals surface area contributed by atoms with Gasteiger partial charge in [-0.05, 0) is 31.5 Å². The van der Waals surface area contributed by atoms with E-state index in [1.54, 1.807) is 17.0 Å². The summed E-state index contributed by atoms with van der Waals surface area (Å²) in [6.07, 6.45) is 0. The summed E-state index contributed by atoms with van der Waals surface area (Å²) < 4.78 is 19.6. The van der Waals surface area contributed by atoms with E-state index in [0.717, 1.165) is 22.9 Å². The van der Waals surface area contributed by atoms with E-state index in [4.69, 9.17) is 4.52 Å². The van der Waals surface area contributed by atoms with Crippen LogP contribution in [0.5, 0.6) is 0 Å². The first-order chi connectivity index (χ1) is 15.9. The van der Waals surface area contributed by atoms with Crippen LogP contribution in [0.2, 0.25) is 0 Å². The summed E-state index contributed by atoms with van der Waals surface area (Å²) in [7, 11) is 0. The third-order valence-corrected chi connectivity index (χ3v) is 6.66. The van der Waals surface area contributed by atoms with Gasteiger partial charge in [0.15, 0.2) is 5.78 Å². The number of hydrogen-bond acceptors (Lipinski definition) is 7. The van der Waals surface area contributed by atoms with Crippen LogP contribution in [-0.2, 0) is 11.3 Å². The number of carbonyl (C=O) groups excluding carboxylic acids is 2. The lowest BCUT2D eigenvalue weighted by molar-refractivity contribution is -0.130. The fourth-order valence-electron chi connectivity index (χ4n) is 3.67. The number of piperazine rings is 1. The lowest BCUT2D eigenvalue weighted by Crippen LogP contribution is -2.48. The molecule has 0 bridgehead atoms. The molecule has 1 aromatic heterocycles. The minimum absolute atomic E-state index is 0.0330. The molecule has 9 heteroatoms. The fraction of sp³-hybridized carbons (Fsp3) is 0.333. The van der Waals surface area contributed by atoms with Crippen LogP contribution in [0.25, 0.3) is 11.4 Å². The Morgan fingerprint density at radius 3 is 2.58 bits per heavy atom. The molecule has 0 N–H and O–H groups in total. The quantitative estimate of drug-likeness (QED) is 0.385. The van der Waals surface area contributed by atoms with Crippen molar-refractivity contribution >= 4 is 23.5 Å². The number of nitrogens with zero attached hydrogens (tertiary/aromatic N) is 4. The highest BCUT2D eigenvalue weighted by Crippen LogP contribution is 2.24. The van der Waals surface area contributed by atoms with Crippen LogP contribution in [0.15, 0.2) is 51.9 Å². The molecule has 0 atom stereocenters. The first-order valence-corrected chi connectivity index (χ1v) is 11.7. The second-order valence-electron chi connectivity index (χ2n) is 7.97. The number of rotatable bonds is 7. The summed E-state index contributed by atoms with van der Waals surface area (Å²) in [4.78, 5) is 32.8. The fourth-order valence-corrected chi connectivity index (χ4v) is 4.49. The van der Waals surface area contributed by atoms with Crippen molar-refractivity contribution in [2.75, 3.05) is 31.9 Å². The van der Waals surface area contributed by atoms with Gasteiger partial charge in [0.25, 0.3) is 0 Å². The number of aryl methyl sites for hydroxylation is 1. The predicted octanol–water partition coefficient (Wildman–Crippen LogP) is 3.82. The molecule has 33 heavy (non-hydrogen) atoms. The number of halogens is 1. The molecule has 0 radical (unpaired) electrons. The average molecular weight is 469 g/mol. The van der Waals surface area contributed by atoms with Crippen LogP contribution in [0.1, 0.15) is 28.7 Å². The predicted molar refractivity (Wildman–Crippen MR) is 123 cm³/mol. The second-order valence-corrected chi connectivity index (χ2v) is 8.99. The molecule has 172 valence electrons. The third-order valence-electron chi connectivity index (χ3n) is 5.63. The molecule has 3 aromatic rings. The van der Waals surface area contributed by atoms with E-state index < -0.39 is 5.82 Å². The zero-order valence-electron chi connectivity index (χ0n) is 18.6. The van der Waals surface area contributed by atoms with Crippen LogP contribution in [-0.4, -0.2) is 63.6 Å². The van der Waals surface area contributed by atoms with Gasteiger partial charge in [-0.15, -0.1) is 11.8 Å². The Balaban J connectivity index is 1.26. The van der Waals surface area contributed by atoms with Crippen molar-refractivity contribution in [3.63, 3.8) is 0 Å². The molecule has 2 aromatic carbocycles. The highest BCUT2D eigenvalue weighted by atomic mass is 32.2. The zero-order chi connectivity index (χ0) is 23.4. The molecule has 1 amide bonds. The van der Waals surface area contributed by atoms with Gasteiger partial charge in [0.2, 0.25) is 17.6 Å². The van der Waals surface area contributed by atoms with Crippen molar-refractivity contribution in [3.8, 4) is 11.4 Å². The Hall–Kier alpha value is -3.04. The van der Waals surface area contributed by atoms with E-state index in [1.807, 2.05) is 31.2 Å². The molecular formula is C24H25FN4O3S. The van der Waals surface area contributed by atoms with Gasteiger partial charge in [-0.3, -0.25) is 14.5 Å². The molecule has 4 rings (SSSR count). The van der Waals surface area contributed by atoms with Crippen molar-refractivity contribution in [1.29, 1.82) is 0 Å². The highest BCUT2D eigenvalue weighted by Gasteiger charge is 2.23. The molecule has 7 nitrogen and oxygen atoms in total. The maximum absolute atomic E-state index is 14.2. The van der Waals surface area contributed by atoms with Gasteiger partial charge in [-0.25, -0.2) is 4.39 Å². The number of carbonyl (C=O) groups is 2. The van der Waals surface area contributed by atoms with Crippen LogP contribution in [0, 0.1) is 12.7 Å². The number of thioether (sulfide) groups is 1. The smallest absolute Gasteiger partial charge is 0.241 e. The Morgan fingerprint density at radius 2 is 1.88 bits per heavy atom. The minimum atomic E-state index is -0.477. The van der Waals surface area contributed by atoms with Crippen molar-refractivity contribution < 1.29 is 18.5 Å². The molecule has 0 unspecified atom stereocenters. The van der Waals surface area contributed by atoms with Gasteiger partial charge in [0.05, 0.1) is 12.3 Å². The van der Waals surface area contributed by atoms with Gasteiger partial charge in [-0.2, -0.15) is 4.98 Å². The molecule has 0 aliphatic carbocycles. The number of ketones is 1. The van der Waals surface area contributed by atoms with E-state index in [2.05, 4.69) is 15.0 Å². The van der Waals surface area contributed by atoms with Crippen molar-refractivity contribution in [3.05, 3.63) is 65.3 Å². The molecule has 2 heterocycles. The molecule has 0 saturated carbocycles. The maximum Gasteiger partial charge on any atom is 0.241 e. The second kappa shape index (κ2) is 10.3. The van der Waals surface area contributed by atoms with Gasteiger partial charge < -0.3 is 9.42 Å². The molecule has 1 aliphatic heterocycles. The summed E-state index contributed by atoms with van der Waals surface area (Å²) in [6.45, 7) is 6.50. The van der Waals surface area contributed by atoms with Crippen LogP contribution in [0.3, 0.4) is 0 Å². The standard InChI is InChI=1S/C24H25FN4O3S/c1-16-5-3-4-6-19(16)24-26-22(32-27-24)14-28-9-11-29(12-10-28)23(31)15-33-21-8-7-18(17(2)30)13-20(21)25/h3-8,13H,9-12,14-15H2,1-2H3. The Bertz CT molecular complexity index is 1160. The average Bonchev–Trinajstić information content (AvgIpc) is 3.27. The first kappa shape index (κ1) is 23.1. The van der Waals surface area contributed by atoms with Crippen molar-refractivity contribution in [2.45, 2.75) is 25.3 Å². The van der Waals surface area contributed by atoms with Gasteiger partial charge in [0, 0.05) is 42.2 Å². The first-order valence-electron chi connectivity index (χ1n) is 10.7. The molecule has 0 spiro atoms. The lowest BCUT2D eigenvalue weighted by Gasteiger charge is -2.33. The van der Waals surface area contributed by atoms with E-state index in [0.29, 0.717) is 54.9 Å².